The van der Waals surface area contributed by atoms with Crippen LogP contribution in [-0.2, 0) is 0 Å². The molecule has 4 nitrogen and oxygen atoms in total. The van der Waals surface area contributed by atoms with Crippen LogP contribution in [0.15, 0.2) is 12.1 Å². The monoisotopic (exact) mass is 288 g/mol. The highest BCUT2D eigenvalue weighted by atomic mass is 32.2. The van der Waals surface area contributed by atoms with Gasteiger partial charge < -0.3 is 5.32 Å². The molecule has 0 heterocycles. The Hall–Kier alpha value is -1.37. The van der Waals surface area contributed by atoms with Crippen LogP contribution in [0.25, 0.3) is 0 Å². The molecule has 2 atom stereocenters. The van der Waals surface area contributed by atoms with Crippen molar-refractivity contribution >= 4 is 23.1 Å². The molecule has 1 N–H and O–H groups in total. The van der Waals surface area contributed by atoms with Gasteiger partial charge in [0.25, 0.3) is 5.69 Å². The van der Waals surface area contributed by atoms with Gasteiger partial charge >= 0.3 is 0 Å². The summed E-state index contributed by atoms with van der Waals surface area (Å²) in [5, 5.41) is 13.8. The lowest BCUT2D eigenvalue weighted by Crippen LogP contribution is -2.18. The third kappa shape index (κ3) is 3.15. The molecule has 1 aromatic carbocycles. The minimum atomic E-state index is -0.917. The average molecular weight is 288 g/mol. The summed E-state index contributed by atoms with van der Waals surface area (Å²) in [5.41, 5.74) is -0.841. The number of nitro groups is 1. The van der Waals surface area contributed by atoms with Gasteiger partial charge in [-0.05, 0) is 25.5 Å². The highest BCUT2D eigenvalue weighted by Crippen LogP contribution is 2.32. The van der Waals surface area contributed by atoms with Crippen molar-refractivity contribution < 1.29 is 13.7 Å². The van der Waals surface area contributed by atoms with Crippen LogP contribution in [-0.4, -0.2) is 22.5 Å². The second-order valence-electron chi connectivity index (χ2n) is 4.55. The molecule has 104 valence electrons. The Kier molecular flexibility index (Phi) is 4.24. The Labute approximate surface area is 113 Å². The number of benzene rings is 1. The molecule has 0 spiro atoms. The number of hydrogen-bond donors (Lipinski definition) is 1. The molecule has 1 saturated carbocycles. The lowest BCUT2D eigenvalue weighted by atomic mass is 10.2. The molecule has 0 aliphatic heterocycles. The maximum atomic E-state index is 13.7. The highest BCUT2D eigenvalue weighted by molar-refractivity contribution is 7.99. The van der Waals surface area contributed by atoms with Crippen molar-refractivity contribution in [2.45, 2.75) is 30.6 Å². The van der Waals surface area contributed by atoms with E-state index in [1.165, 1.54) is 0 Å². The molecular weight excluding hydrogens is 274 g/mol. The van der Waals surface area contributed by atoms with E-state index in [0.717, 1.165) is 31.4 Å². The topological polar surface area (TPSA) is 55.2 Å². The van der Waals surface area contributed by atoms with Crippen molar-refractivity contribution in [3.8, 4) is 0 Å². The number of halogens is 2. The van der Waals surface area contributed by atoms with Crippen molar-refractivity contribution in [3.05, 3.63) is 33.9 Å². The number of anilines is 1. The lowest BCUT2D eigenvalue weighted by Gasteiger charge is -2.15. The number of nitro benzene ring substituents is 1. The van der Waals surface area contributed by atoms with E-state index in [2.05, 4.69) is 5.32 Å². The number of nitrogens with one attached hydrogen (secondary N) is 1. The van der Waals surface area contributed by atoms with Gasteiger partial charge in [0.1, 0.15) is 5.69 Å². The van der Waals surface area contributed by atoms with Crippen LogP contribution >= 0.6 is 11.8 Å². The zero-order valence-electron chi connectivity index (χ0n) is 10.4. The fourth-order valence-electron chi connectivity index (χ4n) is 2.29. The molecular formula is C12H14F2N2O2S. The lowest BCUT2D eigenvalue weighted by molar-refractivity contribution is -0.385. The number of nitrogens with zero attached hydrogens (tertiary/aromatic N) is 1. The number of rotatable bonds is 4. The Balaban J connectivity index is 2.15. The maximum Gasteiger partial charge on any atom is 0.275 e. The molecule has 2 rings (SSSR count). The van der Waals surface area contributed by atoms with Crippen LogP contribution in [0.4, 0.5) is 20.2 Å². The Bertz CT molecular complexity index is 476. The first-order valence-electron chi connectivity index (χ1n) is 5.94. The molecule has 2 unspecified atom stereocenters. The van der Waals surface area contributed by atoms with E-state index in [1.54, 1.807) is 11.8 Å². The van der Waals surface area contributed by atoms with E-state index < -0.39 is 22.2 Å². The third-order valence-electron chi connectivity index (χ3n) is 3.30. The largest absolute Gasteiger partial charge is 0.378 e. The van der Waals surface area contributed by atoms with Crippen molar-refractivity contribution in [1.29, 1.82) is 0 Å². The average Bonchev–Trinajstić information content (AvgIpc) is 2.81. The smallest absolute Gasteiger partial charge is 0.275 e. The van der Waals surface area contributed by atoms with E-state index in [9.17, 15) is 18.9 Å². The summed E-state index contributed by atoms with van der Waals surface area (Å²) in [4.78, 5) is 9.68. The minimum absolute atomic E-state index is 0.0166. The van der Waals surface area contributed by atoms with Crippen LogP contribution in [0.1, 0.15) is 19.3 Å². The van der Waals surface area contributed by atoms with Crippen LogP contribution in [0, 0.1) is 21.7 Å². The zero-order chi connectivity index (χ0) is 14.0. The molecule has 0 amide bonds. The normalized spacial score (nSPS) is 22.5. The number of non-ortho nitro benzene ring substituents is 1. The molecule has 0 radical (unpaired) electrons. The van der Waals surface area contributed by atoms with Gasteiger partial charge in [-0.25, -0.2) is 8.78 Å². The van der Waals surface area contributed by atoms with Gasteiger partial charge in [0.15, 0.2) is 11.6 Å². The van der Waals surface area contributed by atoms with E-state index in [4.69, 9.17) is 0 Å². The first kappa shape index (κ1) is 14.0. The molecule has 7 heteroatoms. The predicted molar refractivity (Wildman–Crippen MR) is 71.6 cm³/mol. The van der Waals surface area contributed by atoms with Crippen molar-refractivity contribution in [1.82, 2.24) is 0 Å². The molecule has 0 aromatic heterocycles. The van der Waals surface area contributed by atoms with Crippen LogP contribution < -0.4 is 5.32 Å². The Morgan fingerprint density at radius 3 is 2.47 bits per heavy atom. The van der Waals surface area contributed by atoms with E-state index in [1.807, 2.05) is 6.26 Å². The second kappa shape index (κ2) is 5.73. The Morgan fingerprint density at radius 2 is 2.00 bits per heavy atom. The van der Waals surface area contributed by atoms with Crippen molar-refractivity contribution in [2.75, 3.05) is 11.6 Å². The first-order valence-corrected chi connectivity index (χ1v) is 7.22. The summed E-state index contributed by atoms with van der Waals surface area (Å²) in [6.07, 6.45) is 4.72. The van der Waals surface area contributed by atoms with E-state index in [-0.39, 0.29) is 11.7 Å². The first-order chi connectivity index (χ1) is 9.01. The predicted octanol–water partition coefficient (Wildman–Crippen LogP) is 3.57. The molecule has 0 saturated heterocycles. The maximum absolute atomic E-state index is 13.7. The molecule has 1 aliphatic rings. The van der Waals surface area contributed by atoms with Crippen LogP contribution in [0.5, 0.6) is 0 Å². The van der Waals surface area contributed by atoms with Crippen molar-refractivity contribution in [3.63, 3.8) is 0 Å². The fraction of sp³-hybridized carbons (Fsp3) is 0.500. The summed E-state index contributed by atoms with van der Waals surface area (Å²) in [6, 6.07) is 1.50. The second-order valence-corrected chi connectivity index (χ2v) is 5.69. The van der Waals surface area contributed by atoms with Gasteiger partial charge in [-0.1, -0.05) is 0 Å². The highest BCUT2D eigenvalue weighted by Gasteiger charge is 2.26. The molecule has 1 aromatic rings. The molecule has 1 fully saturated rings. The van der Waals surface area contributed by atoms with Gasteiger partial charge in [0.05, 0.1) is 17.1 Å². The summed E-state index contributed by atoms with van der Waals surface area (Å²) in [7, 11) is 0. The summed E-state index contributed by atoms with van der Waals surface area (Å²) >= 11 is 1.74. The summed E-state index contributed by atoms with van der Waals surface area (Å²) in [5.74, 6) is -1.83. The zero-order valence-corrected chi connectivity index (χ0v) is 11.2. The fourth-order valence-corrected chi connectivity index (χ4v) is 3.09. The van der Waals surface area contributed by atoms with Gasteiger partial charge in [-0.2, -0.15) is 11.8 Å². The molecule has 0 bridgehead atoms. The van der Waals surface area contributed by atoms with Gasteiger partial charge in [0.2, 0.25) is 0 Å². The van der Waals surface area contributed by atoms with E-state index >= 15 is 0 Å². The van der Waals surface area contributed by atoms with Gasteiger partial charge in [-0.15, -0.1) is 0 Å². The summed E-state index contributed by atoms with van der Waals surface area (Å²) in [6.45, 7) is 0. The quantitative estimate of drug-likeness (QED) is 0.679. The third-order valence-corrected chi connectivity index (χ3v) is 4.40. The molecule has 1 aliphatic carbocycles. The van der Waals surface area contributed by atoms with Crippen molar-refractivity contribution in [2.24, 2.45) is 0 Å². The van der Waals surface area contributed by atoms with E-state index in [0.29, 0.717) is 5.25 Å². The summed E-state index contributed by atoms with van der Waals surface area (Å²) < 4.78 is 27.4. The Morgan fingerprint density at radius 1 is 1.37 bits per heavy atom. The number of thioether (sulfide) groups is 1. The standard InChI is InChI=1S/C12H14F2N2O2S/c1-19-9-3-2-7(4-9)15-12-10(13)5-8(16(17)18)6-11(12)14/h5-7,9,15H,2-4H2,1H3. The minimum Gasteiger partial charge on any atom is -0.378 e. The van der Waals surface area contributed by atoms with Gasteiger partial charge in [0, 0.05) is 11.3 Å². The van der Waals surface area contributed by atoms with Gasteiger partial charge in [-0.3, -0.25) is 10.1 Å². The van der Waals surface area contributed by atoms with Crippen LogP contribution in [0.2, 0.25) is 0 Å². The molecule has 19 heavy (non-hydrogen) atoms. The van der Waals surface area contributed by atoms with Crippen LogP contribution in [0.3, 0.4) is 0 Å². The SMILES string of the molecule is CSC1CCC(Nc2c(F)cc([N+](=O)[O-])cc2F)C1. The number of hydrogen-bond acceptors (Lipinski definition) is 4.